The number of hydrogen-bond donors (Lipinski definition) is 1. The fourth-order valence-electron chi connectivity index (χ4n) is 3.33. The Kier molecular flexibility index (Phi) is 5.51. The number of hydrogen-bond acceptors (Lipinski definition) is 4. The van der Waals surface area contributed by atoms with Crippen LogP contribution in [0.5, 0.6) is 0 Å². The molecule has 2 aromatic carbocycles. The van der Waals surface area contributed by atoms with E-state index >= 15 is 0 Å². The van der Waals surface area contributed by atoms with Gasteiger partial charge in [-0.2, -0.15) is 0 Å². The summed E-state index contributed by atoms with van der Waals surface area (Å²) < 4.78 is 16.1. The molecule has 0 spiro atoms. The summed E-state index contributed by atoms with van der Waals surface area (Å²) in [5.41, 5.74) is 1.78. The highest BCUT2D eigenvalue weighted by Crippen LogP contribution is 2.21. The van der Waals surface area contributed by atoms with Gasteiger partial charge in [-0.15, -0.1) is 11.3 Å². The molecule has 1 amide bonds. The molecule has 6 nitrogen and oxygen atoms in total. The minimum absolute atomic E-state index is 0.126. The van der Waals surface area contributed by atoms with Crippen LogP contribution < -0.4 is 16.6 Å². The summed E-state index contributed by atoms with van der Waals surface area (Å²) >= 11 is 6.97. The number of amides is 1. The first-order valence-electron chi connectivity index (χ1n) is 9.32. The van der Waals surface area contributed by atoms with Crippen molar-refractivity contribution < 1.29 is 9.18 Å². The van der Waals surface area contributed by atoms with Crippen LogP contribution >= 0.6 is 22.9 Å². The Morgan fingerprint density at radius 2 is 1.90 bits per heavy atom. The lowest BCUT2D eigenvalue weighted by Crippen LogP contribution is -2.40. The van der Waals surface area contributed by atoms with E-state index in [1.165, 1.54) is 28.0 Å². The predicted octanol–water partition coefficient (Wildman–Crippen LogP) is 4.26. The highest BCUT2D eigenvalue weighted by molar-refractivity contribution is 7.17. The Labute approximate surface area is 185 Å². The van der Waals surface area contributed by atoms with Gasteiger partial charge in [0.2, 0.25) is 5.91 Å². The van der Waals surface area contributed by atoms with Gasteiger partial charge >= 0.3 is 5.69 Å². The molecule has 0 atom stereocenters. The number of rotatable bonds is 4. The van der Waals surface area contributed by atoms with Crippen molar-refractivity contribution in [3.8, 4) is 5.69 Å². The minimum atomic E-state index is -0.614. The molecular formula is C22H17ClFN3O3S. The molecule has 0 aliphatic carbocycles. The van der Waals surface area contributed by atoms with Crippen LogP contribution in [0.15, 0.2) is 57.4 Å². The Hall–Kier alpha value is -3.23. The lowest BCUT2D eigenvalue weighted by atomic mass is 10.1. The van der Waals surface area contributed by atoms with E-state index in [0.29, 0.717) is 21.6 Å². The van der Waals surface area contributed by atoms with Crippen molar-refractivity contribution in [2.75, 3.05) is 5.32 Å². The molecule has 0 aliphatic heterocycles. The zero-order valence-electron chi connectivity index (χ0n) is 16.6. The molecule has 4 rings (SSSR count). The number of aryl methyl sites for hydroxylation is 2. The van der Waals surface area contributed by atoms with E-state index in [2.05, 4.69) is 5.32 Å². The summed E-state index contributed by atoms with van der Waals surface area (Å²) in [6.45, 7) is 3.36. The number of nitrogens with zero attached hydrogens (tertiary/aromatic N) is 2. The third-order valence-corrected chi connectivity index (χ3v) is 6.05. The lowest BCUT2D eigenvalue weighted by Gasteiger charge is -2.14. The number of nitrogens with one attached hydrogen (secondary N) is 1. The highest BCUT2D eigenvalue weighted by atomic mass is 35.5. The fourth-order valence-corrected chi connectivity index (χ4v) is 4.34. The average molecular weight is 458 g/mol. The summed E-state index contributed by atoms with van der Waals surface area (Å²) in [5.74, 6) is -1.11. The zero-order chi connectivity index (χ0) is 22.3. The van der Waals surface area contributed by atoms with Crippen LogP contribution in [0.4, 0.5) is 10.1 Å². The number of thiophene rings is 1. The van der Waals surface area contributed by atoms with Crippen molar-refractivity contribution >= 4 is 44.7 Å². The van der Waals surface area contributed by atoms with E-state index in [1.807, 2.05) is 26.0 Å². The van der Waals surface area contributed by atoms with Crippen molar-refractivity contribution in [1.29, 1.82) is 0 Å². The van der Waals surface area contributed by atoms with Gasteiger partial charge in [0.05, 0.1) is 16.2 Å². The van der Waals surface area contributed by atoms with E-state index in [0.717, 1.165) is 21.8 Å². The second-order valence-electron chi connectivity index (χ2n) is 7.11. The molecule has 158 valence electrons. The van der Waals surface area contributed by atoms with E-state index in [-0.39, 0.29) is 11.6 Å². The maximum absolute atomic E-state index is 13.4. The molecule has 2 aromatic heterocycles. The van der Waals surface area contributed by atoms with Crippen LogP contribution in [0.1, 0.15) is 11.1 Å². The Morgan fingerprint density at radius 1 is 1.13 bits per heavy atom. The number of anilines is 1. The summed E-state index contributed by atoms with van der Waals surface area (Å²) in [7, 11) is 0. The Bertz CT molecular complexity index is 1450. The molecule has 0 fully saturated rings. The number of halogens is 2. The van der Waals surface area contributed by atoms with Crippen LogP contribution in [0.3, 0.4) is 0 Å². The van der Waals surface area contributed by atoms with Crippen molar-refractivity contribution in [2.45, 2.75) is 20.4 Å². The van der Waals surface area contributed by atoms with Gasteiger partial charge in [0, 0.05) is 5.69 Å². The standard InChI is InChI=1S/C22H17ClFN3O3S/c1-12-3-4-13(2)18(9-12)27-21(29)20-17(7-8-31-20)26(22(27)30)11-19(28)25-14-5-6-16(24)15(23)10-14/h3-10H,11H2,1-2H3,(H,25,28). The second-order valence-corrected chi connectivity index (χ2v) is 8.43. The van der Waals surface area contributed by atoms with Crippen LogP contribution in [-0.2, 0) is 11.3 Å². The predicted molar refractivity (Wildman–Crippen MR) is 121 cm³/mol. The summed E-state index contributed by atoms with van der Waals surface area (Å²) in [6, 6.07) is 10.9. The molecule has 0 saturated heterocycles. The monoisotopic (exact) mass is 457 g/mol. The molecule has 1 N–H and O–H groups in total. The number of fused-ring (bicyclic) bond motifs is 1. The quantitative estimate of drug-likeness (QED) is 0.497. The number of benzene rings is 2. The van der Waals surface area contributed by atoms with Crippen molar-refractivity contribution in [3.63, 3.8) is 0 Å². The van der Waals surface area contributed by atoms with Crippen LogP contribution in [-0.4, -0.2) is 15.0 Å². The van der Waals surface area contributed by atoms with Gasteiger partial charge < -0.3 is 5.32 Å². The summed E-state index contributed by atoms with van der Waals surface area (Å²) in [5, 5.41) is 4.18. The van der Waals surface area contributed by atoms with Crippen molar-refractivity contribution in [1.82, 2.24) is 9.13 Å². The Balaban J connectivity index is 1.81. The van der Waals surface area contributed by atoms with E-state index in [4.69, 9.17) is 11.6 Å². The maximum Gasteiger partial charge on any atom is 0.336 e. The largest absolute Gasteiger partial charge is 0.336 e. The molecule has 0 saturated carbocycles. The van der Waals surface area contributed by atoms with Crippen LogP contribution in [0, 0.1) is 19.7 Å². The van der Waals surface area contributed by atoms with Crippen molar-refractivity contribution in [2.24, 2.45) is 0 Å². The van der Waals surface area contributed by atoms with Crippen LogP contribution in [0.2, 0.25) is 5.02 Å². The lowest BCUT2D eigenvalue weighted by molar-refractivity contribution is -0.116. The average Bonchev–Trinajstić information content (AvgIpc) is 3.21. The third kappa shape index (κ3) is 3.92. The van der Waals surface area contributed by atoms with Gasteiger partial charge in [-0.25, -0.2) is 13.8 Å². The van der Waals surface area contributed by atoms with Gasteiger partial charge in [-0.1, -0.05) is 23.7 Å². The number of aromatic nitrogens is 2. The van der Waals surface area contributed by atoms with E-state index in [1.54, 1.807) is 17.5 Å². The SMILES string of the molecule is Cc1ccc(C)c(-n2c(=O)c3sccc3n(CC(=O)Nc3ccc(F)c(Cl)c3)c2=O)c1. The topological polar surface area (TPSA) is 73.1 Å². The first-order chi connectivity index (χ1) is 14.8. The molecule has 0 bridgehead atoms. The smallest absolute Gasteiger partial charge is 0.324 e. The zero-order valence-corrected chi connectivity index (χ0v) is 18.2. The molecular weight excluding hydrogens is 441 g/mol. The van der Waals surface area contributed by atoms with Gasteiger partial charge in [0.25, 0.3) is 5.56 Å². The summed E-state index contributed by atoms with van der Waals surface area (Å²) in [4.78, 5) is 39.1. The number of carbonyl (C=O) groups excluding carboxylic acids is 1. The van der Waals surface area contributed by atoms with E-state index in [9.17, 15) is 18.8 Å². The number of carbonyl (C=O) groups is 1. The molecule has 0 radical (unpaired) electrons. The first-order valence-corrected chi connectivity index (χ1v) is 10.6. The summed E-state index contributed by atoms with van der Waals surface area (Å²) in [6.07, 6.45) is 0. The Morgan fingerprint density at radius 3 is 2.65 bits per heavy atom. The minimum Gasteiger partial charge on any atom is -0.324 e. The fraction of sp³-hybridized carbons (Fsp3) is 0.136. The van der Waals surface area contributed by atoms with Crippen LogP contribution in [0.25, 0.3) is 15.9 Å². The van der Waals surface area contributed by atoms with Gasteiger partial charge in [0.15, 0.2) is 0 Å². The molecule has 9 heteroatoms. The molecule has 31 heavy (non-hydrogen) atoms. The van der Waals surface area contributed by atoms with Gasteiger partial charge in [0.1, 0.15) is 17.1 Å². The second kappa shape index (κ2) is 8.13. The molecule has 4 aromatic rings. The highest BCUT2D eigenvalue weighted by Gasteiger charge is 2.19. The molecule has 0 aliphatic rings. The first kappa shape index (κ1) is 21.0. The third-order valence-electron chi connectivity index (χ3n) is 4.87. The molecule has 0 unspecified atom stereocenters. The van der Waals surface area contributed by atoms with Gasteiger partial charge in [-0.05, 0) is 60.7 Å². The van der Waals surface area contributed by atoms with E-state index < -0.39 is 23.0 Å². The van der Waals surface area contributed by atoms with Crippen molar-refractivity contribution in [3.05, 3.63) is 90.6 Å². The molecule has 2 heterocycles. The normalized spacial score (nSPS) is 11.1. The van der Waals surface area contributed by atoms with Gasteiger partial charge in [-0.3, -0.25) is 14.2 Å². The maximum atomic E-state index is 13.4.